The first-order chi connectivity index (χ1) is 16.1. The number of benzene rings is 2. The Morgan fingerprint density at radius 3 is 2.58 bits per heavy atom. The second-order valence-electron chi connectivity index (χ2n) is 9.67. The van der Waals surface area contributed by atoms with Crippen molar-refractivity contribution in [3.05, 3.63) is 65.2 Å². The van der Waals surface area contributed by atoms with Gasteiger partial charge in [-0.2, -0.15) is 0 Å². The molecule has 1 saturated heterocycles. The van der Waals surface area contributed by atoms with Gasteiger partial charge in [-0.15, -0.1) is 0 Å². The summed E-state index contributed by atoms with van der Waals surface area (Å²) in [5.74, 6) is 1.75. The molecule has 0 spiro atoms. The van der Waals surface area contributed by atoms with E-state index in [1.54, 1.807) is 0 Å². The van der Waals surface area contributed by atoms with Crippen molar-refractivity contribution in [2.75, 3.05) is 32.1 Å². The van der Waals surface area contributed by atoms with Crippen molar-refractivity contribution in [1.29, 1.82) is 0 Å². The van der Waals surface area contributed by atoms with E-state index in [9.17, 15) is 8.42 Å². The number of sulfonamides is 1. The van der Waals surface area contributed by atoms with E-state index >= 15 is 0 Å². The largest absolute Gasteiger partial charge is 0.492 e. The fourth-order valence-corrected chi connectivity index (χ4v) is 6.40. The first-order valence-corrected chi connectivity index (χ1v) is 13.8. The van der Waals surface area contributed by atoms with E-state index in [1.165, 1.54) is 16.7 Å². The van der Waals surface area contributed by atoms with Crippen molar-refractivity contribution < 1.29 is 17.9 Å². The van der Waals surface area contributed by atoms with Gasteiger partial charge in [-0.05, 0) is 66.8 Å². The summed E-state index contributed by atoms with van der Waals surface area (Å²) in [4.78, 5) is 0. The van der Waals surface area contributed by atoms with Crippen molar-refractivity contribution in [3.63, 3.8) is 0 Å². The zero-order valence-electron chi connectivity index (χ0n) is 19.0. The molecule has 1 aliphatic heterocycles. The van der Waals surface area contributed by atoms with Gasteiger partial charge in [0, 0.05) is 18.5 Å². The minimum Gasteiger partial charge on any atom is -0.492 e. The Morgan fingerprint density at radius 1 is 1.03 bits per heavy atom. The first kappa shape index (κ1) is 22.8. The highest BCUT2D eigenvalue weighted by Crippen LogP contribution is 2.37. The lowest BCUT2D eigenvalue weighted by Gasteiger charge is -2.39. The normalized spacial score (nSPS) is 23.0. The quantitative estimate of drug-likeness (QED) is 0.494. The summed E-state index contributed by atoms with van der Waals surface area (Å²) in [5, 5.41) is 3.83. The molecule has 7 heteroatoms. The average Bonchev–Trinajstić information content (AvgIpc) is 3.59. The number of aryl methyl sites for hydroxylation is 1. The van der Waals surface area contributed by atoms with Crippen LogP contribution in [0.15, 0.2) is 48.5 Å². The van der Waals surface area contributed by atoms with Crippen LogP contribution in [0.5, 0.6) is 5.75 Å². The molecule has 33 heavy (non-hydrogen) atoms. The predicted octanol–water partition coefficient (Wildman–Crippen LogP) is 3.02. The molecule has 178 valence electrons. The monoisotopic (exact) mass is 470 g/mol. The van der Waals surface area contributed by atoms with Gasteiger partial charge in [0.15, 0.2) is 0 Å². The summed E-state index contributed by atoms with van der Waals surface area (Å²) in [6, 6.07) is 17.9. The topological polar surface area (TPSA) is 76.7 Å². The molecule has 2 atom stereocenters. The summed E-state index contributed by atoms with van der Waals surface area (Å²) in [6.45, 7) is 2.21. The van der Waals surface area contributed by atoms with Gasteiger partial charge in [0.1, 0.15) is 12.4 Å². The Hall–Kier alpha value is -1.93. The smallest absolute Gasteiger partial charge is 0.211 e. The standard InChI is InChI=1S/C26H34N2O4S/c29-33(30,18-20-6-7-20)27-12-13-32-23-10-8-21-9-11-26(28-22-16-31-17-22)25(24(21)15-23)14-19-4-2-1-3-5-19/h1-5,8,10,15,20,22,25-28H,6-7,9,11-14,16-18H2. The average molecular weight is 471 g/mol. The number of nitrogens with one attached hydrogen (secondary N) is 2. The second kappa shape index (κ2) is 10.1. The highest BCUT2D eigenvalue weighted by atomic mass is 32.2. The van der Waals surface area contributed by atoms with Crippen LogP contribution >= 0.6 is 0 Å². The van der Waals surface area contributed by atoms with Gasteiger partial charge in [-0.3, -0.25) is 0 Å². The lowest BCUT2D eigenvalue weighted by molar-refractivity contribution is -0.0123. The molecule has 2 aromatic rings. The van der Waals surface area contributed by atoms with Crippen molar-refractivity contribution in [3.8, 4) is 5.75 Å². The Bertz CT molecular complexity index is 1040. The minimum absolute atomic E-state index is 0.243. The van der Waals surface area contributed by atoms with E-state index in [2.05, 4.69) is 52.5 Å². The van der Waals surface area contributed by atoms with E-state index in [4.69, 9.17) is 9.47 Å². The summed E-state index contributed by atoms with van der Waals surface area (Å²) < 4.78 is 38.2. The predicted molar refractivity (Wildman–Crippen MR) is 129 cm³/mol. The molecule has 2 fully saturated rings. The number of ether oxygens (including phenoxy) is 2. The van der Waals surface area contributed by atoms with Gasteiger partial charge < -0.3 is 14.8 Å². The van der Waals surface area contributed by atoms with Crippen LogP contribution in [0, 0.1) is 5.92 Å². The Balaban J connectivity index is 1.26. The molecule has 2 N–H and O–H groups in total. The maximum Gasteiger partial charge on any atom is 0.211 e. The maximum absolute atomic E-state index is 12.1. The molecule has 0 bridgehead atoms. The highest BCUT2D eigenvalue weighted by Gasteiger charge is 2.33. The minimum atomic E-state index is -3.19. The zero-order valence-corrected chi connectivity index (χ0v) is 19.9. The highest BCUT2D eigenvalue weighted by molar-refractivity contribution is 7.89. The molecule has 3 aliphatic rings. The summed E-state index contributed by atoms with van der Waals surface area (Å²) >= 11 is 0. The number of rotatable bonds is 11. The number of hydrogen-bond acceptors (Lipinski definition) is 5. The molecular weight excluding hydrogens is 436 g/mol. The van der Waals surface area contributed by atoms with Crippen molar-refractivity contribution in [2.24, 2.45) is 5.92 Å². The van der Waals surface area contributed by atoms with Crippen LogP contribution in [0.1, 0.15) is 41.9 Å². The molecule has 5 rings (SSSR count). The lowest BCUT2D eigenvalue weighted by atomic mass is 9.76. The van der Waals surface area contributed by atoms with Gasteiger partial charge in [0.05, 0.1) is 25.0 Å². The maximum atomic E-state index is 12.1. The summed E-state index contributed by atoms with van der Waals surface area (Å²) in [5.41, 5.74) is 4.06. The Morgan fingerprint density at radius 2 is 1.85 bits per heavy atom. The molecule has 1 saturated carbocycles. The third kappa shape index (κ3) is 6.15. The molecular formula is C26H34N2O4S. The van der Waals surface area contributed by atoms with Gasteiger partial charge in [0.25, 0.3) is 0 Å². The molecule has 0 radical (unpaired) electrons. The molecule has 2 aliphatic carbocycles. The van der Waals surface area contributed by atoms with Crippen LogP contribution in [-0.4, -0.2) is 52.6 Å². The van der Waals surface area contributed by atoms with Crippen LogP contribution in [0.3, 0.4) is 0 Å². The lowest BCUT2D eigenvalue weighted by Crippen LogP contribution is -2.53. The third-order valence-corrected chi connectivity index (χ3v) is 8.51. The van der Waals surface area contributed by atoms with E-state index in [1.807, 2.05) is 6.07 Å². The van der Waals surface area contributed by atoms with E-state index in [0.717, 1.165) is 51.1 Å². The van der Waals surface area contributed by atoms with Gasteiger partial charge in [-0.25, -0.2) is 13.1 Å². The number of fused-ring (bicyclic) bond motifs is 1. The Labute approximate surface area is 197 Å². The molecule has 0 aromatic heterocycles. The molecule has 6 nitrogen and oxygen atoms in total. The van der Waals surface area contributed by atoms with Crippen LogP contribution in [0.25, 0.3) is 0 Å². The van der Waals surface area contributed by atoms with E-state index in [-0.39, 0.29) is 5.75 Å². The zero-order chi connectivity index (χ0) is 22.7. The van der Waals surface area contributed by atoms with E-state index in [0.29, 0.717) is 37.1 Å². The molecule has 0 amide bonds. The first-order valence-electron chi connectivity index (χ1n) is 12.2. The SMILES string of the molecule is O=S(=O)(CC1CC1)NCCOc1ccc2c(c1)C(Cc1ccccc1)C(NC1COC1)CC2. The van der Waals surface area contributed by atoms with Crippen molar-refractivity contribution >= 4 is 10.0 Å². The Kier molecular flexibility index (Phi) is 7.02. The van der Waals surface area contributed by atoms with Crippen molar-refractivity contribution in [2.45, 2.75) is 50.1 Å². The van der Waals surface area contributed by atoms with E-state index < -0.39 is 10.0 Å². The molecule has 1 heterocycles. The fourth-order valence-electron chi connectivity index (χ4n) is 4.94. The van der Waals surface area contributed by atoms with Crippen molar-refractivity contribution in [1.82, 2.24) is 10.0 Å². The summed E-state index contributed by atoms with van der Waals surface area (Å²) in [6.07, 6.45) is 5.20. The van der Waals surface area contributed by atoms with Crippen LogP contribution in [-0.2, 0) is 27.6 Å². The molecule has 2 unspecified atom stereocenters. The number of hydrogen-bond donors (Lipinski definition) is 2. The summed E-state index contributed by atoms with van der Waals surface area (Å²) in [7, 11) is -3.19. The third-order valence-electron chi connectivity index (χ3n) is 6.96. The second-order valence-corrected chi connectivity index (χ2v) is 11.5. The molecule has 2 aromatic carbocycles. The fraction of sp³-hybridized carbons (Fsp3) is 0.538. The van der Waals surface area contributed by atoms with Crippen LogP contribution < -0.4 is 14.8 Å². The van der Waals surface area contributed by atoms with Gasteiger partial charge in [-0.1, -0.05) is 36.4 Å². The van der Waals surface area contributed by atoms with Crippen LogP contribution in [0.2, 0.25) is 0 Å². The van der Waals surface area contributed by atoms with Gasteiger partial charge >= 0.3 is 0 Å². The van der Waals surface area contributed by atoms with Crippen LogP contribution in [0.4, 0.5) is 0 Å². The van der Waals surface area contributed by atoms with Gasteiger partial charge in [0.2, 0.25) is 10.0 Å².